The highest BCUT2D eigenvalue weighted by atomic mass is 19.4. The fourth-order valence-electron chi connectivity index (χ4n) is 3.99. The van der Waals surface area contributed by atoms with Crippen molar-refractivity contribution in [3.05, 3.63) is 40.1 Å². The number of hydrogen-bond donors (Lipinski definition) is 2. The summed E-state index contributed by atoms with van der Waals surface area (Å²) < 4.78 is 68.4. The van der Waals surface area contributed by atoms with E-state index in [4.69, 9.17) is 29.4 Å². The van der Waals surface area contributed by atoms with E-state index in [0.717, 1.165) is 24.1 Å². The molecule has 0 saturated carbocycles. The molecule has 0 aliphatic rings. The van der Waals surface area contributed by atoms with Crippen LogP contribution in [-0.4, -0.2) is 121 Å². The first-order valence-corrected chi connectivity index (χ1v) is 15.1. The highest BCUT2D eigenvalue weighted by molar-refractivity contribution is 5.82. The van der Waals surface area contributed by atoms with Gasteiger partial charge in [-0.25, -0.2) is 9.59 Å². The van der Waals surface area contributed by atoms with E-state index in [2.05, 4.69) is 36.5 Å². The zero-order chi connectivity index (χ0) is 34.1. The van der Waals surface area contributed by atoms with Gasteiger partial charge in [0.05, 0.1) is 71.7 Å². The van der Waals surface area contributed by atoms with Gasteiger partial charge in [-0.2, -0.15) is 23.1 Å². The number of rotatable bonds is 23. The summed E-state index contributed by atoms with van der Waals surface area (Å²) in [7, 11) is 1.96. The smallest absolute Gasteiger partial charge is 0.463 e. The summed E-state index contributed by atoms with van der Waals surface area (Å²) in [5, 5.41) is 0. The SMILES string of the molecule is CCCCOc1nc(N)c2[nH]c(=O)n(Cc3ccc(CN(C)CCOCCOCCOCCOCCOC(=O)C(F)(F)F)nc3)c2n1. The first kappa shape index (κ1) is 37.6. The Morgan fingerprint density at radius 1 is 0.957 bits per heavy atom. The van der Waals surface area contributed by atoms with Crippen LogP contribution in [0.15, 0.2) is 23.1 Å². The summed E-state index contributed by atoms with van der Waals surface area (Å²) >= 11 is 0. The molecule has 0 bridgehead atoms. The van der Waals surface area contributed by atoms with Crippen molar-refractivity contribution < 1.29 is 46.4 Å². The Morgan fingerprint density at radius 2 is 1.60 bits per heavy atom. The molecular formula is C29H42F3N7O8. The number of ether oxygens (including phenoxy) is 6. The summed E-state index contributed by atoms with van der Waals surface area (Å²) in [5.74, 6) is -2.09. The van der Waals surface area contributed by atoms with Gasteiger partial charge in [-0.3, -0.25) is 14.5 Å². The molecule has 0 atom stereocenters. The number of likely N-dealkylation sites (N-methyl/N-ethyl adjacent to an activating group) is 1. The van der Waals surface area contributed by atoms with E-state index >= 15 is 0 Å². The van der Waals surface area contributed by atoms with E-state index in [1.807, 2.05) is 19.2 Å². The Labute approximate surface area is 269 Å². The highest BCUT2D eigenvalue weighted by Crippen LogP contribution is 2.19. The van der Waals surface area contributed by atoms with E-state index in [9.17, 15) is 22.8 Å². The van der Waals surface area contributed by atoms with E-state index in [-0.39, 0.29) is 43.9 Å². The molecule has 0 spiro atoms. The third kappa shape index (κ3) is 13.4. The van der Waals surface area contributed by atoms with Crippen LogP contribution in [0.5, 0.6) is 6.01 Å². The molecule has 3 rings (SSSR count). The molecule has 262 valence electrons. The van der Waals surface area contributed by atoms with Crippen LogP contribution in [0.3, 0.4) is 0 Å². The van der Waals surface area contributed by atoms with Gasteiger partial charge in [0, 0.05) is 19.3 Å². The van der Waals surface area contributed by atoms with Crippen LogP contribution < -0.4 is 16.2 Å². The molecule has 3 heterocycles. The van der Waals surface area contributed by atoms with Crippen molar-refractivity contribution in [2.75, 3.05) is 85.4 Å². The number of fused-ring (bicyclic) bond motifs is 1. The van der Waals surface area contributed by atoms with E-state index in [1.165, 1.54) is 4.57 Å². The molecule has 0 radical (unpaired) electrons. The first-order chi connectivity index (χ1) is 22.6. The first-order valence-electron chi connectivity index (χ1n) is 15.1. The molecule has 15 nitrogen and oxygen atoms in total. The molecule has 18 heteroatoms. The number of aromatic amines is 1. The van der Waals surface area contributed by atoms with Crippen molar-refractivity contribution in [3.63, 3.8) is 0 Å². The summed E-state index contributed by atoms with van der Waals surface area (Å²) in [6, 6.07) is 3.96. The Morgan fingerprint density at radius 3 is 2.19 bits per heavy atom. The minimum absolute atomic E-state index is 0.134. The van der Waals surface area contributed by atoms with Gasteiger partial charge in [0.2, 0.25) is 0 Å². The van der Waals surface area contributed by atoms with Gasteiger partial charge in [-0.05, 0) is 25.1 Å². The molecule has 3 aromatic rings. The Kier molecular flexibility index (Phi) is 15.8. The molecule has 0 amide bonds. The van der Waals surface area contributed by atoms with Gasteiger partial charge in [-0.15, -0.1) is 0 Å². The maximum Gasteiger partial charge on any atom is 0.490 e. The van der Waals surface area contributed by atoms with Gasteiger partial charge in [-0.1, -0.05) is 19.4 Å². The molecule has 3 aromatic heterocycles. The molecule has 0 unspecified atom stereocenters. The summed E-state index contributed by atoms with van der Waals surface area (Å²) in [6.07, 6.45) is -1.47. The van der Waals surface area contributed by atoms with Crippen molar-refractivity contribution in [2.45, 2.75) is 39.0 Å². The standard InChI is InChI=1S/C29H42F3N7O8/c1-3-4-8-47-27-36-24(33)23-25(37-27)39(28(41)35-23)19-21-5-6-22(34-18-21)20-38(2)7-9-42-10-11-43-12-13-44-14-15-45-16-17-46-26(40)29(30,31)32/h5-6,18H,3-4,7-17,19-20H2,1-2H3,(H,35,41)(H2,33,36,37). The largest absolute Gasteiger partial charge is 0.490 e. The monoisotopic (exact) mass is 673 g/mol. The van der Waals surface area contributed by atoms with Crippen LogP contribution in [0.25, 0.3) is 11.2 Å². The third-order valence-electron chi connectivity index (χ3n) is 6.44. The van der Waals surface area contributed by atoms with Gasteiger partial charge in [0.25, 0.3) is 0 Å². The molecular weight excluding hydrogens is 631 g/mol. The molecule has 0 fully saturated rings. The zero-order valence-corrected chi connectivity index (χ0v) is 26.6. The number of imidazole rings is 1. The second-order valence-electron chi connectivity index (χ2n) is 10.3. The van der Waals surface area contributed by atoms with Gasteiger partial charge in [0.1, 0.15) is 12.1 Å². The number of carbonyl (C=O) groups is 1. The fraction of sp³-hybridized carbons (Fsp3) is 0.621. The van der Waals surface area contributed by atoms with Gasteiger partial charge < -0.3 is 39.1 Å². The number of anilines is 1. The van der Waals surface area contributed by atoms with E-state index < -0.39 is 18.8 Å². The Bertz CT molecular complexity index is 1420. The van der Waals surface area contributed by atoms with Crippen LogP contribution in [0, 0.1) is 0 Å². The number of unbranched alkanes of at least 4 members (excludes halogenated alkanes) is 1. The normalized spacial score (nSPS) is 11.9. The number of nitrogen functional groups attached to an aromatic ring is 1. The molecule has 3 N–H and O–H groups in total. The number of pyridine rings is 1. The molecule has 0 saturated heterocycles. The second-order valence-corrected chi connectivity index (χ2v) is 10.3. The number of H-pyrrole nitrogens is 1. The number of aromatic nitrogens is 5. The Balaban J connectivity index is 1.25. The van der Waals surface area contributed by atoms with E-state index in [1.54, 1.807) is 6.20 Å². The maximum atomic E-state index is 12.6. The summed E-state index contributed by atoms with van der Waals surface area (Å²) in [5.41, 5.74) is 8.09. The summed E-state index contributed by atoms with van der Waals surface area (Å²) in [4.78, 5) is 41.0. The van der Waals surface area contributed by atoms with Crippen LogP contribution >= 0.6 is 0 Å². The van der Waals surface area contributed by atoms with Crippen molar-refractivity contribution >= 4 is 23.0 Å². The van der Waals surface area contributed by atoms with Crippen molar-refractivity contribution in [3.8, 4) is 6.01 Å². The second kappa shape index (κ2) is 19.7. The van der Waals surface area contributed by atoms with Crippen LogP contribution in [0.1, 0.15) is 31.0 Å². The number of halogens is 3. The van der Waals surface area contributed by atoms with Crippen LogP contribution in [-0.2, 0) is 41.6 Å². The third-order valence-corrected chi connectivity index (χ3v) is 6.44. The Hall–Kier alpha value is -3.84. The number of nitrogens with zero attached hydrogens (tertiary/aromatic N) is 5. The summed E-state index contributed by atoms with van der Waals surface area (Å²) in [6.45, 7) is 5.75. The number of carbonyl (C=O) groups excluding carboxylic acids is 1. The maximum absolute atomic E-state index is 12.6. The number of esters is 1. The lowest BCUT2D eigenvalue weighted by molar-refractivity contribution is -0.200. The highest BCUT2D eigenvalue weighted by Gasteiger charge is 2.40. The molecule has 0 aromatic carbocycles. The quantitative estimate of drug-likeness (QED) is 0.110. The number of hydrogen-bond acceptors (Lipinski definition) is 13. The average Bonchev–Trinajstić information content (AvgIpc) is 3.34. The fourth-order valence-corrected chi connectivity index (χ4v) is 3.99. The lowest BCUT2D eigenvalue weighted by Gasteiger charge is -2.16. The van der Waals surface area contributed by atoms with Crippen molar-refractivity contribution in [2.24, 2.45) is 0 Å². The lowest BCUT2D eigenvalue weighted by atomic mass is 10.2. The average molecular weight is 674 g/mol. The van der Waals surface area contributed by atoms with Gasteiger partial charge >= 0.3 is 23.8 Å². The zero-order valence-electron chi connectivity index (χ0n) is 26.6. The van der Waals surface area contributed by atoms with Crippen LogP contribution in [0.4, 0.5) is 19.0 Å². The predicted molar refractivity (Wildman–Crippen MR) is 163 cm³/mol. The van der Waals surface area contributed by atoms with Crippen molar-refractivity contribution in [1.82, 2.24) is 29.4 Å². The minimum Gasteiger partial charge on any atom is -0.463 e. The minimum atomic E-state index is -5.01. The van der Waals surface area contributed by atoms with Crippen LogP contribution in [0.2, 0.25) is 0 Å². The van der Waals surface area contributed by atoms with Gasteiger partial charge in [0.15, 0.2) is 11.5 Å². The number of alkyl halides is 3. The van der Waals surface area contributed by atoms with Crippen molar-refractivity contribution in [1.29, 1.82) is 0 Å². The topological polar surface area (TPSA) is 178 Å². The lowest BCUT2D eigenvalue weighted by Crippen LogP contribution is -2.26. The predicted octanol–water partition coefficient (Wildman–Crippen LogP) is 1.93. The van der Waals surface area contributed by atoms with E-state index in [0.29, 0.717) is 63.9 Å². The molecule has 0 aliphatic carbocycles. The number of nitrogens with two attached hydrogens (primary N) is 1. The molecule has 0 aliphatic heterocycles. The number of nitrogens with one attached hydrogen (secondary N) is 1. The molecule has 47 heavy (non-hydrogen) atoms.